The number of nitrogens with zero attached hydrogens (tertiary/aromatic N) is 3. The van der Waals surface area contributed by atoms with E-state index in [2.05, 4.69) is 25.9 Å². The minimum Gasteiger partial charge on any atom is -0.390 e. The Bertz CT molecular complexity index is 599. The highest BCUT2D eigenvalue weighted by Crippen LogP contribution is 2.33. The Balaban J connectivity index is 0.000000593. The van der Waals surface area contributed by atoms with E-state index in [4.69, 9.17) is 22.0 Å². The molecule has 9 nitrogen and oxygen atoms in total. The predicted octanol–water partition coefficient (Wildman–Crippen LogP) is 2.22. The Kier molecular flexibility index (Phi) is 16.0. The summed E-state index contributed by atoms with van der Waals surface area (Å²) >= 11 is 0. The van der Waals surface area contributed by atoms with Crippen LogP contribution in [0, 0.1) is 0 Å². The number of nitrogens with two attached hydrogens (primary N) is 4. The highest BCUT2D eigenvalue weighted by Gasteiger charge is 2.18. The molecule has 2 fully saturated rings. The molecule has 9 N–H and O–H groups in total. The summed E-state index contributed by atoms with van der Waals surface area (Å²) in [5.74, 6) is 1.56. The molecule has 0 unspecified atom stereocenters. The summed E-state index contributed by atoms with van der Waals surface area (Å²) in [5, 5.41) is 7.17. The Morgan fingerprint density at radius 2 is 1.72 bits per heavy atom. The molecule has 2 saturated carbocycles. The number of amidine groups is 1. The van der Waals surface area contributed by atoms with Crippen LogP contribution in [0.15, 0.2) is 28.3 Å². The summed E-state index contributed by atoms with van der Waals surface area (Å²) in [4.78, 5) is 15.9. The second-order valence-electron chi connectivity index (χ2n) is 6.71. The van der Waals surface area contributed by atoms with Gasteiger partial charge in [-0.15, -0.1) is 0 Å². The first-order valence-corrected chi connectivity index (χ1v) is 10.1. The number of aliphatic imine (C=N–C) groups is 2. The summed E-state index contributed by atoms with van der Waals surface area (Å²) in [6, 6.07) is 2.50. The van der Waals surface area contributed by atoms with Crippen LogP contribution in [0.25, 0.3) is 0 Å². The summed E-state index contributed by atoms with van der Waals surface area (Å²) in [6.07, 6.45) is 16.0. The third-order valence-corrected chi connectivity index (χ3v) is 4.69. The fourth-order valence-corrected chi connectivity index (χ4v) is 3.30. The third-order valence-electron chi connectivity index (χ3n) is 4.69. The number of hydrogen-bond donors (Lipinski definition) is 5. The van der Waals surface area contributed by atoms with Gasteiger partial charge in [-0.25, -0.2) is 9.98 Å². The number of nitrogens with one attached hydrogen (secondary N) is 1. The van der Waals surface area contributed by atoms with Gasteiger partial charge in [0.05, 0.1) is 6.34 Å². The van der Waals surface area contributed by atoms with Crippen LogP contribution in [0.5, 0.6) is 0 Å². The largest absolute Gasteiger partial charge is 0.390 e. The van der Waals surface area contributed by atoms with Crippen molar-refractivity contribution in [3.8, 4) is 0 Å². The Labute approximate surface area is 174 Å². The number of carbonyl (C=O) groups excluding carboxylic acids is 1. The van der Waals surface area contributed by atoms with Gasteiger partial charge in [-0.2, -0.15) is 5.10 Å². The number of aromatic nitrogens is 2. The van der Waals surface area contributed by atoms with Gasteiger partial charge in [0.15, 0.2) is 5.82 Å². The van der Waals surface area contributed by atoms with Crippen LogP contribution in [0.3, 0.4) is 0 Å². The van der Waals surface area contributed by atoms with Crippen molar-refractivity contribution >= 4 is 24.8 Å². The predicted molar refractivity (Wildman–Crippen MR) is 121 cm³/mol. The van der Waals surface area contributed by atoms with Gasteiger partial charge < -0.3 is 27.7 Å². The van der Waals surface area contributed by atoms with E-state index in [0.29, 0.717) is 23.6 Å². The fraction of sp³-hybridized carbons (Fsp3) is 0.600. The van der Waals surface area contributed by atoms with Gasteiger partial charge in [0.1, 0.15) is 12.6 Å². The van der Waals surface area contributed by atoms with Crippen molar-refractivity contribution in [3.05, 3.63) is 24.0 Å². The molecule has 0 amide bonds. The monoisotopic (exact) mass is 406 g/mol. The molecule has 0 aromatic carbocycles. The zero-order valence-electron chi connectivity index (χ0n) is 17.6. The van der Waals surface area contributed by atoms with E-state index in [-0.39, 0.29) is 0 Å². The molecule has 1 heterocycles. The zero-order valence-corrected chi connectivity index (χ0v) is 17.6. The van der Waals surface area contributed by atoms with Crippen molar-refractivity contribution in [1.82, 2.24) is 10.2 Å². The van der Waals surface area contributed by atoms with Crippen LogP contribution in [0.2, 0.25) is 0 Å². The van der Waals surface area contributed by atoms with E-state index in [0.717, 1.165) is 5.69 Å². The molecule has 29 heavy (non-hydrogen) atoms. The van der Waals surface area contributed by atoms with Crippen molar-refractivity contribution in [2.75, 3.05) is 7.05 Å². The fourth-order valence-electron chi connectivity index (χ4n) is 3.30. The van der Waals surface area contributed by atoms with E-state index < -0.39 is 0 Å². The van der Waals surface area contributed by atoms with Crippen LogP contribution in [0.1, 0.15) is 69.4 Å². The quantitative estimate of drug-likeness (QED) is 0.378. The molecule has 0 bridgehead atoms. The molecule has 1 aromatic heterocycles. The highest BCUT2D eigenvalue weighted by molar-refractivity contribution is 5.93. The molecule has 9 heteroatoms. The Morgan fingerprint density at radius 3 is 2.24 bits per heavy atom. The molecular formula is C20H38N8O. The molecule has 0 radical (unpaired) electrons. The number of carbonyl (C=O) groups is 1. The van der Waals surface area contributed by atoms with Gasteiger partial charge in [0, 0.05) is 29.9 Å². The number of aromatic amines is 1. The Hall–Kier alpha value is -2.52. The Morgan fingerprint density at radius 1 is 1.14 bits per heavy atom. The average molecular weight is 407 g/mol. The molecule has 0 aliphatic heterocycles. The molecule has 0 atom stereocenters. The molecule has 2 aliphatic carbocycles. The van der Waals surface area contributed by atoms with Crippen molar-refractivity contribution < 1.29 is 4.79 Å². The van der Waals surface area contributed by atoms with Gasteiger partial charge in [0.25, 0.3) is 0 Å². The third kappa shape index (κ3) is 11.8. The number of hydrogen-bond acceptors (Lipinski definition) is 6. The van der Waals surface area contributed by atoms with Crippen LogP contribution in [-0.4, -0.2) is 42.3 Å². The average Bonchev–Trinajstić information content (AvgIpc) is 3.44. The van der Waals surface area contributed by atoms with Gasteiger partial charge in [-0.05, 0) is 38.8 Å². The molecule has 0 spiro atoms. The van der Waals surface area contributed by atoms with Crippen LogP contribution in [-0.2, 0) is 4.79 Å². The summed E-state index contributed by atoms with van der Waals surface area (Å²) in [6.45, 7) is 2.00. The summed E-state index contributed by atoms with van der Waals surface area (Å²) < 4.78 is 0. The summed E-state index contributed by atoms with van der Waals surface area (Å²) in [5.41, 5.74) is 22.1. The second kappa shape index (κ2) is 17.6. The lowest BCUT2D eigenvalue weighted by Crippen LogP contribution is -2.22. The number of H-pyrrole nitrogens is 1. The second-order valence-corrected chi connectivity index (χ2v) is 6.71. The normalized spacial score (nSPS) is 17.8. The van der Waals surface area contributed by atoms with Crippen molar-refractivity contribution in [2.45, 2.75) is 69.7 Å². The smallest absolute Gasteiger partial charge is 0.175 e. The number of rotatable bonds is 4. The van der Waals surface area contributed by atoms with E-state index in [1.807, 2.05) is 12.9 Å². The minimum absolute atomic E-state index is 0.352. The van der Waals surface area contributed by atoms with Crippen molar-refractivity contribution in [3.63, 3.8) is 0 Å². The molecule has 2 aliphatic rings. The maximum Gasteiger partial charge on any atom is 0.175 e. The molecule has 0 saturated heterocycles. The van der Waals surface area contributed by atoms with E-state index in [9.17, 15) is 0 Å². The summed E-state index contributed by atoms with van der Waals surface area (Å²) in [7, 11) is 1.50. The topological polar surface area (TPSA) is 175 Å². The van der Waals surface area contributed by atoms with E-state index in [1.54, 1.807) is 6.08 Å². The lowest BCUT2D eigenvalue weighted by atomic mass is 9.97. The lowest BCUT2D eigenvalue weighted by Gasteiger charge is -2.15. The maximum absolute atomic E-state index is 8.00. The standard InChI is InChI=1S/C12H18N6.C6H13N.CH5N.CH2O/c13-8-15-6-5-11(14)16-12-7-10(17-18-12)9-3-1-2-4-9;7-6-4-2-1-3-5-6;2*1-2/h5-9H,1-4H2,(H2,13,15)(H3,14,16,17,18);6H,1-5,7H2;2H2,1H3;1H2/b6-5-;;;. The van der Waals surface area contributed by atoms with Crippen molar-refractivity contribution in [2.24, 2.45) is 32.9 Å². The molecular weight excluding hydrogens is 368 g/mol. The molecule has 3 rings (SSSR count). The lowest BCUT2D eigenvalue weighted by molar-refractivity contribution is -0.0979. The van der Waals surface area contributed by atoms with Crippen LogP contribution in [0.4, 0.5) is 5.82 Å². The maximum atomic E-state index is 8.00. The van der Waals surface area contributed by atoms with E-state index >= 15 is 0 Å². The van der Waals surface area contributed by atoms with Gasteiger partial charge >= 0.3 is 0 Å². The zero-order chi connectivity index (χ0) is 21.9. The highest BCUT2D eigenvalue weighted by atomic mass is 16.1. The first kappa shape index (κ1) is 26.5. The first-order valence-electron chi connectivity index (χ1n) is 10.1. The minimum atomic E-state index is 0.352. The van der Waals surface area contributed by atoms with E-state index in [1.165, 1.54) is 77.4 Å². The first-order chi connectivity index (χ1) is 14.2. The molecule has 1 aromatic rings. The van der Waals surface area contributed by atoms with Crippen molar-refractivity contribution in [1.29, 1.82) is 0 Å². The van der Waals surface area contributed by atoms with Crippen LogP contribution >= 0.6 is 0 Å². The SMILES string of the molecule is C=O.CN.NC1CCCCC1.NC=N/C=C\C(N)=Nc1cc(C2CCCC2)[nH]n1. The van der Waals surface area contributed by atoms with Gasteiger partial charge in [-0.1, -0.05) is 32.1 Å². The molecule has 164 valence electrons. The van der Waals surface area contributed by atoms with Crippen LogP contribution < -0.4 is 22.9 Å². The van der Waals surface area contributed by atoms with Gasteiger partial charge in [0.2, 0.25) is 0 Å². The van der Waals surface area contributed by atoms with Gasteiger partial charge in [-0.3, -0.25) is 5.10 Å².